The van der Waals surface area contributed by atoms with E-state index in [0.29, 0.717) is 12.5 Å². The molecule has 1 amide bonds. The molecule has 1 rings (SSSR count). The van der Waals surface area contributed by atoms with E-state index >= 15 is 0 Å². The lowest BCUT2D eigenvalue weighted by atomic mass is 10.1. The van der Waals surface area contributed by atoms with E-state index in [-0.39, 0.29) is 11.9 Å². The summed E-state index contributed by atoms with van der Waals surface area (Å²) in [6.45, 7) is 7.63. The smallest absolute Gasteiger partial charge is 0.234 e. The summed E-state index contributed by atoms with van der Waals surface area (Å²) in [7, 11) is 0. The molecule has 1 aliphatic carbocycles. The quantitative estimate of drug-likeness (QED) is 0.527. The SMILES string of the molecule is CC(C)C(C)NC(=O)CNCCC1=CCCC1. The van der Waals surface area contributed by atoms with Gasteiger partial charge in [-0.2, -0.15) is 0 Å². The number of hydrogen-bond donors (Lipinski definition) is 2. The van der Waals surface area contributed by atoms with Gasteiger partial charge in [0.2, 0.25) is 5.91 Å². The van der Waals surface area contributed by atoms with Crippen molar-refractivity contribution in [2.75, 3.05) is 13.1 Å². The Hall–Kier alpha value is -0.830. The number of nitrogens with one attached hydrogen (secondary N) is 2. The summed E-state index contributed by atoms with van der Waals surface area (Å²) < 4.78 is 0. The van der Waals surface area contributed by atoms with Gasteiger partial charge in [-0.25, -0.2) is 0 Å². The average molecular weight is 238 g/mol. The fraction of sp³-hybridized carbons (Fsp3) is 0.786. The maximum absolute atomic E-state index is 11.6. The van der Waals surface area contributed by atoms with Crippen LogP contribution in [0.4, 0.5) is 0 Å². The predicted molar refractivity (Wildman–Crippen MR) is 71.9 cm³/mol. The van der Waals surface area contributed by atoms with E-state index in [2.05, 4.69) is 30.6 Å². The lowest BCUT2D eigenvalue weighted by Gasteiger charge is -2.17. The van der Waals surface area contributed by atoms with Gasteiger partial charge in [-0.1, -0.05) is 25.5 Å². The van der Waals surface area contributed by atoms with Crippen molar-refractivity contribution < 1.29 is 4.79 Å². The van der Waals surface area contributed by atoms with Crippen LogP contribution in [0.3, 0.4) is 0 Å². The molecule has 3 nitrogen and oxygen atoms in total. The van der Waals surface area contributed by atoms with Gasteiger partial charge in [-0.15, -0.1) is 0 Å². The van der Waals surface area contributed by atoms with Crippen molar-refractivity contribution in [1.82, 2.24) is 10.6 Å². The molecular formula is C14H26N2O. The molecule has 0 fully saturated rings. The first-order valence-electron chi connectivity index (χ1n) is 6.77. The third-order valence-corrected chi connectivity index (χ3v) is 3.43. The highest BCUT2D eigenvalue weighted by molar-refractivity contribution is 5.78. The van der Waals surface area contributed by atoms with Gasteiger partial charge in [0, 0.05) is 6.04 Å². The fourth-order valence-electron chi connectivity index (χ4n) is 1.89. The fourth-order valence-corrected chi connectivity index (χ4v) is 1.89. The Morgan fingerprint density at radius 1 is 1.41 bits per heavy atom. The van der Waals surface area contributed by atoms with Crippen molar-refractivity contribution in [1.29, 1.82) is 0 Å². The second kappa shape index (κ2) is 7.49. The van der Waals surface area contributed by atoms with Gasteiger partial charge in [0.1, 0.15) is 0 Å². The number of hydrogen-bond acceptors (Lipinski definition) is 2. The van der Waals surface area contributed by atoms with Gasteiger partial charge >= 0.3 is 0 Å². The summed E-state index contributed by atoms with van der Waals surface area (Å²) in [5, 5.41) is 6.20. The number of allylic oxidation sites excluding steroid dienone is 1. The Bertz CT molecular complexity index is 271. The molecule has 0 aromatic carbocycles. The summed E-state index contributed by atoms with van der Waals surface area (Å²) in [6.07, 6.45) is 7.22. The van der Waals surface area contributed by atoms with Gasteiger partial charge in [-0.05, 0) is 45.1 Å². The number of amides is 1. The van der Waals surface area contributed by atoms with E-state index in [4.69, 9.17) is 0 Å². The Morgan fingerprint density at radius 3 is 2.76 bits per heavy atom. The molecule has 98 valence electrons. The molecule has 0 bridgehead atoms. The molecule has 3 heteroatoms. The van der Waals surface area contributed by atoms with Gasteiger partial charge in [0.15, 0.2) is 0 Å². The molecule has 2 N–H and O–H groups in total. The summed E-state index contributed by atoms with van der Waals surface area (Å²) in [5.41, 5.74) is 1.55. The molecule has 0 saturated carbocycles. The zero-order valence-corrected chi connectivity index (χ0v) is 11.4. The van der Waals surface area contributed by atoms with Crippen molar-refractivity contribution in [2.24, 2.45) is 5.92 Å². The van der Waals surface area contributed by atoms with Crippen molar-refractivity contribution in [2.45, 2.75) is 52.5 Å². The second-order valence-electron chi connectivity index (χ2n) is 5.28. The maximum Gasteiger partial charge on any atom is 0.234 e. The second-order valence-corrected chi connectivity index (χ2v) is 5.28. The zero-order valence-electron chi connectivity index (χ0n) is 11.4. The molecule has 0 heterocycles. The lowest BCUT2D eigenvalue weighted by molar-refractivity contribution is -0.121. The highest BCUT2D eigenvalue weighted by atomic mass is 16.1. The molecule has 1 atom stereocenters. The molecule has 0 aromatic heterocycles. The predicted octanol–water partition coefficient (Wildman–Crippen LogP) is 2.24. The van der Waals surface area contributed by atoms with E-state index in [1.165, 1.54) is 19.3 Å². The Morgan fingerprint density at radius 2 is 2.18 bits per heavy atom. The van der Waals surface area contributed by atoms with E-state index in [1.807, 2.05) is 6.92 Å². The minimum atomic E-state index is 0.103. The maximum atomic E-state index is 11.6. The molecule has 17 heavy (non-hydrogen) atoms. The van der Waals surface area contributed by atoms with E-state index in [0.717, 1.165) is 13.0 Å². The summed E-state index contributed by atoms with van der Waals surface area (Å²) in [5.74, 6) is 0.592. The standard InChI is InChI=1S/C14H26N2O/c1-11(2)12(3)16-14(17)10-15-9-8-13-6-4-5-7-13/h6,11-12,15H,4-5,7-10H2,1-3H3,(H,16,17). The lowest BCUT2D eigenvalue weighted by Crippen LogP contribution is -2.41. The van der Waals surface area contributed by atoms with Gasteiger partial charge in [0.25, 0.3) is 0 Å². The molecule has 1 unspecified atom stereocenters. The topological polar surface area (TPSA) is 41.1 Å². The van der Waals surface area contributed by atoms with Crippen LogP contribution in [-0.4, -0.2) is 25.0 Å². The first-order chi connectivity index (χ1) is 8.09. The Labute approximate surface area is 105 Å². The van der Waals surface area contributed by atoms with E-state index in [9.17, 15) is 4.79 Å². The van der Waals surface area contributed by atoms with Crippen LogP contribution in [0.15, 0.2) is 11.6 Å². The van der Waals surface area contributed by atoms with Crippen LogP contribution in [-0.2, 0) is 4.79 Å². The molecule has 0 spiro atoms. The third kappa shape index (κ3) is 5.87. The normalized spacial score (nSPS) is 17.1. The monoisotopic (exact) mass is 238 g/mol. The molecule has 0 aromatic rings. The van der Waals surface area contributed by atoms with E-state index in [1.54, 1.807) is 5.57 Å². The van der Waals surface area contributed by atoms with Crippen LogP contribution in [0.5, 0.6) is 0 Å². The minimum Gasteiger partial charge on any atom is -0.352 e. The van der Waals surface area contributed by atoms with Crippen molar-refractivity contribution in [3.05, 3.63) is 11.6 Å². The van der Waals surface area contributed by atoms with E-state index < -0.39 is 0 Å². The molecule has 0 radical (unpaired) electrons. The van der Waals surface area contributed by atoms with Gasteiger partial charge in [0.05, 0.1) is 6.54 Å². The highest BCUT2D eigenvalue weighted by Crippen LogP contribution is 2.19. The molecule has 1 aliphatic rings. The number of carbonyl (C=O) groups is 1. The van der Waals surface area contributed by atoms with Crippen molar-refractivity contribution in [3.63, 3.8) is 0 Å². The first kappa shape index (κ1) is 14.2. The zero-order chi connectivity index (χ0) is 12.7. The van der Waals surface area contributed by atoms with Crippen LogP contribution in [0, 0.1) is 5.92 Å². The van der Waals surface area contributed by atoms with Crippen LogP contribution >= 0.6 is 0 Å². The Kier molecular flexibility index (Phi) is 6.27. The average Bonchev–Trinajstić information content (AvgIpc) is 2.77. The Balaban J connectivity index is 2.03. The molecular weight excluding hydrogens is 212 g/mol. The minimum absolute atomic E-state index is 0.103. The number of carbonyl (C=O) groups excluding carboxylic acids is 1. The summed E-state index contributed by atoms with van der Waals surface area (Å²) >= 11 is 0. The highest BCUT2D eigenvalue weighted by Gasteiger charge is 2.10. The van der Waals surface area contributed by atoms with Crippen LogP contribution in [0.1, 0.15) is 46.5 Å². The molecule has 0 saturated heterocycles. The van der Waals surface area contributed by atoms with Crippen LogP contribution in [0.2, 0.25) is 0 Å². The number of rotatable bonds is 7. The van der Waals surface area contributed by atoms with Gasteiger partial charge in [-0.3, -0.25) is 4.79 Å². The molecule has 0 aliphatic heterocycles. The first-order valence-corrected chi connectivity index (χ1v) is 6.77. The van der Waals surface area contributed by atoms with Gasteiger partial charge < -0.3 is 10.6 Å². The van der Waals surface area contributed by atoms with Crippen LogP contribution in [0.25, 0.3) is 0 Å². The largest absolute Gasteiger partial charge is 0.352 e. The van der Waals surface area contributed by atoms with Crippen molar-refractivity contribution in [3.8, 4) is 0 Å². The van der Waals surface area contributed by atoms with Crippen LogP contribution < -0.4 is 10.6 Å². The van der Waals surface area contributed by atoms with Crippen molar-refractivity contribution >= 4 is 5.91 Å². The summed E-state index contributed by atoms with van der Waals surface area (Å²) in [4.78, 5) is 11.6. The third-order valence-electron chi connectivity index (χ3n) is 3.43. The summed E-state index contributed by atoms with van der Waals surface area (Å²) in [6, 6.07) is 0.252.